The van der Waals surface area contributed by atoms with E-state index in [0.29, 0.717) is 23.6 Å². The first-order chi connectivity index (χ1) is 9.28. The van der Waals surface area contributed by atoms with E-state index in [4.69, 9.17) is 4.74 Å². The fourth-order valence-electron chi connectivity index (χ4n) is 3.72. The summed E-state index contributed by atoms with van der Waals surface area (Å²) in [5.41, 5.74) is 0.410. The summed E-state index contributed by atoms with van der Waals surface area (Å²) >= 11 is 0. The molecule has 0 bridgehead atoms. The predicted molar refractivity (Wildman–Crippen MR) is 92.8 cm³/mol. The molecule has 4 nitrogen and oxygen atoms in total. The van der Waals surface area contributed by atoms with Gasteiger partial charge < -0.3 is 15.4 Å². The molecule has 2 atom stereocenters. The summed E-state index contributed by atoms with van der Waals surface area (Å²) in [6, 6.07) is 1.20. The highest BCUT2D eigenvalue weighted by Crippen LogP contribution is 2.57. The van der Waals surface area contributed by atoms with E-state index in [1.807, 2.05) is 7.05 Å². The van der Waals surface area contributed by atoms with Crippen LogP contribution in [-0.2, 0) is 4.74 Å². The summed E-state index contributed by atoms with van der Waals surface area (Å²) in [6.45, 7) is 2.94. The number of rotatable bonds is 4. The molecule has 0 radical (unpaired) electrons. The molecule has 0 heterocycles. The third-order valence-corrected chi connectivity index (χ3v) is 5.42. The SMILES string of the molecule is CCOC1CC(NC(=NC)NC2CCC2)C12CCC2.I. The second kappa shape index (κ2) is 6.81. The molecule has 20 heavy (non-hydrogen) atoms. The Morgan fingerprint density at radius 2 is 2.00 bits per heavy atom. The Balaban J connectivity index is 0.00000147. The van der Waals surface area contributed by atoms with Crippen LogP contribution in [0.15, 0.2) is 4.99 Å². The van der Waals surface area contributed by atoms with Crippen molar-refractivity contribution in [1.29, 1.82) is 0 Å². The molecule has 3 saturated carbocycles. The molecule has 0 aliphatic heterocycles. The second-order valence-corrected chi connectivity index (χ2v) is 6.31. The Bertz CT molecular complexity index is 353. The number of hydrogen-bond donors (Lipinski definition) is 2. The average molecular weight is 393 g/mol. The van der Waals surface area contributed by atoms with Gasteiger partial charge in [0, 0.05) is 31.2 Å². The summed E-state index contributed by atoms with van der Waals surface area (Å²) in [5.74, 6) is 0.996. The van der Waals surface area contributed by atoms with E-state index in [9.17, 15) is 0 Å². The molecule has 116 valence electrons. The molecule has 3 aliphatic rings. The van der Waals surface area contributed by atoms with Crippen LogP contribution in [0.5, 0.6) is 0 Å². The van der Waals surface area contributed by atoms with Crippen molar-refractivity contribution in [3.8, 4) is 0 Å². The monoisotopic (exact) mass is 393 g/mol. The summed E-state index contributed by atoms with van der Waals surface area (Å²) < 4.78 is 5.89. The molecule has 3 fully saturated rings. The maximum atomic E-state index is 5.89. The number of hydrogen-bond acceptors (Lipinski definition) is 2. The largest absolute Gasteiger partial charge is 0.378 e. The van der Waals surface area contributed by atoms with Crippen LogP contribution in [-0.4, -0.2) is 37.8 Å². The van der Waals surface area contributed by atoms with Gasteiger partial charge in [-0.1, -0.05) is 6.42 Å². The molecule has 0 aromatic heterocycles. The van der Waals surface area contributed by atoms with Gasteiger partial charge in [-0.2, -0.15) is 0 Å². The van der Waals surface area contributed by atoms with E-state index in [1.54, 1.807) is 0 Å². The van der Waals surface area contributed by atoms with Gasteiger partial charge in [0.2, 0.25) is 0 Å². The van der Waals surface area contributed by atoms with Crippen molar-refractivity contribution in [2.24, 2.45) is 10.4 Å². The van der Waals surface area contributed by atoms with Crippen molar-refractivity contribution >= 4 is 29.9 Å². The van der Waals surface area contributed by atoms with E-state index in [0.717, 1.165) is 19.0 Å². The Morgan fingerprint density at radius 3 is 2.45 bits per heavy atom. The minimum absolute atomic E-state index is 0. The number of ether oxygens (including phenoxy) is 1. The Hall–Kier alpha value is -0.0400. The maximum absolute atomic E-state index is 5.89. The van der Waals surface area contributed by atoms with Gasteiger partial charge in [-0.05, 0) is 45.4 Å². The lowest BCUT2D eigenvalue weighted by Crippen LogP contribution is -2.69. The van der Waals surface area contributed by atoms with Crippen LogP contribution in [0.1, 0.15) is 51.9 Å². The van der Waals surface area contributed by atoms with Crippen molar-refractivity contribution in [2.45, 2.75) is 70.1 Å². The van der Waals surface area contributed by atoms with E-state index in [2.05, 4.69) is 22.5 Å². The van der Waals surface area contributed by atoms with Crippen LogP contribution in [0, 0.1) is 5.41 Å². The minimum Gasteiger partial charge on any atom is -0.378 e. The van der Waals surface area contributed by atoms with Crippen molar-refractivity contribution in [3.05, 3.63) is 0 Å². The van der Waals surface area contributed by atoms with Crippen molar-refractivity contribution in [1.82, 2.24) is 10.6 Å². The average Bonchev–Trinajstić information content (AvgIpc) is 2.27. The third kappa shape index (κ3) is 2.80. The van der Waals surface area contributed by atoms with Crippen LogP contribution in [0.3, 0.4) is 0 Å². The van der Waals surface area contributed by atoms with Gasteiger partial charge in [0.25, 0.3) is 0 Å². The standard InChI is InChI=1S/C15H27N3O.HI/c1-3-19-13-10-12(15(13)8-5-9-15)18-14(16-2)17-11-6-4-7-11;/h11-13H,3-10H2,1-2H3,(H2,16,17,18);1H. The Labute approximate surface area is 139 Å². The molecule has 0 amide bonds. The Kier molecular flexibility index (Phi) is 5.56. The highest BCUT2D eigenvalue weighted by molar-refractivity contribution is 14.0. The van der Waals surface area contributed by atoms with E-state index < -0.39 is 0 Å². The molecule has 2 unspecified atom stereocenters. The lowest BCUT2D eigenvalue weighted by Gasteiger charge is -2.61. The summed E-state index contributed by atoms with van der Waals surface area (Å²) in [6.07, 6.45) is 9.54. The minimum atomic E-state index is 0. The van der Waals surface area contributed by atoms with E-state index in [-0.39, 0.29) is 24.0 Å². The summed E-state index contributed by atoms with van der Waals surface area (Å²) in [4.78, 5) is 4.38. The molecule has 5 heteroatoms. The van der Waals surface area contributed by atoms with Gasteiger partial charge in [-0.3, -0.25) is 4.99 Å². The fourth-order valence-corrected chi connectivity index (χ4v) is 3.72. The number of aliphatic imine (C=N–C) groups is 1. The third-order valence-electron chi connectivity index (χ3n) is 5.42. The van der Waals surface area contributed by atoms with Gasteiger partial charge in [0.05, 0.1) is 6.10 Å². The molecular formula is C15H28IN3O. The zero-order chi connectivity index (χ0) is 13.3. The molecule has 1 spiro atoms. The zero-order valence-electron chi connectivity index (χ0n) is 12.7. The van der Waals surface area contributed by atoms with Crippen LogP contribution in [0.25, 0.3) is 0 Å². The molecule has 0 aromatic carbocycles. The summed E-state index contributed by atoms with van der Waals surface area (Å²) in [7, 11) is 1.88. The van der Waals surface area contributed by atoms with Crippen molar-refractivity contribution in [3.63, 3.8) is 0 Å². The summed E-state index contributed by atoms with van der Waals surface area (Å²) in [5, 5.41) is 7.18. The number of guanidine groups is 1. The van der Waals surface area contributed by atoms with Crippen LogP contribution in [0.2, 0.25) is 0 Å². The van der Waals surface area contributed by atoms with Gasteiger partial charge >= 0.3 is 0 Å². The predicted octanol–water partition coefficient (Wildman–Crippen LogP) is 2.67. The van der Waals surface area contributed by atoms with Gasteiger partial charge in [0.1, 0.15) is 0 Å². The van der Waals surface area contributed by atoms with Crippen LogP contribution < -0.4 is 10.6 Å². The molecule has 0 aromatic rings. The molecular weight excluding hydrogens is 365 g/mol. The van der Waals surface area contributed by atoms with Gasteiger partial charge in [0.15, 0.2) is 5.96 Å². The molecule has 3 rings (SSSR count). The first-order valence-corrected chi connectivity index (χ1v) is 7.90. The van der Waals surface area contributed by atoms with Gasteiger partial charge in [-0.15, -0.1) is 24.0 Å². The smallest absolute Gasteiger partial charge is 0.191 e. The fraction of sp³-hybridized carbons (Fsp3) is 0.933. The zero-order valence-corrected chi connectivity index (χ0v) is 15.0. The van der Waals surface area contributed by atoms with Crippen molar-refractivity contribution in [2.75, 3.05) is 13.7 Å². The molecule has 2 N–H and O–H groups in total. The van der Waals surface area contributed by atoms with E-state index in [1.165, 1.54) is 38.5 Å². The molecule has 3 aliphatic carbocycles. The maximum Gasteiger partial charge on any atom is 0.191 e. The number of halogens is 1. The van der Waals surface area contributed by atoms with Crippen molar-refractivity contribution < 1.29 is 4.74 Å². The normalized spacial score (nSPS) is 31.6. The van der Waals surface area contributed by atoms with Crippen LogP contribution >= 0.6 is 24.0 Å². The highest BCUT2D eigenvalue weighted by Gasteiger charge is 2.59. The topological polar surface area (TPSA) is 45.6 Å². The Morgan fingerprint density at radius 1 is 1.25 bits per heavy atom. The van der Waals surface area contributed by atoms with Gasteiger partial charge in [-0.25, -0.2) is 0 Å². The number of nitrogens with one attached hydrogen (secondary N) is 2. The lowest BCUT2D eigenvalue weighted by atomic mass is 9.51. The quantitative estimate of drug-likeness (QED) is 0.439. The van der Waals surface area contributed by atoms with Crippen LogP contribution in [0.4, 0.5) is 0 Å². The second-order valence-electron chi connectivity index (χ2n) is 6.31. The lowest BCUT2D eigenvalue weighted by molar-refractivity contribution is -0.168. The first-order valence-electron chi connectivity index (χ1n) is 7.90. The number of nitrogens with zero attached hydrogens (tertiary/aromatic N) is 1. The first kappa shape index (κ1) is 16.3. The molecule has 0 saturated heterocycles. The van der Waals surface area contributed by atoms with E-state index >= 15 is 0 Å². The highest BCUT2D eigenvalue weighted by atomic mass is 127.